The Morgan fingerprint density at radius 3 is 2.70 bits per heavy atom. The Morgan fingerprint density at radius 2 is 2.05 bits per heavy atom. The van der Waals surface area contributed by atoms with E-state index in [9.17, 15) is 4.79 Å². The van der Waals surface area contributed by atoms with E-state index in [2.05, 4.69) is 15.3 Å². The molecular weight excluding hydrogens is 252 g/mol. The van der Waals surface area contributed by atoms with Crippen LogP contribution in [0.3, 0.4) is 0 Å². The smallest absolute Gasteiger partial charge is 0.241 e. The van der Waals surface area contributed by atoms with Gasteiger partial charge in [0.05, 0.1) is 11.7 Å². The van der Waals surface area contributed by atoms with Gasteiger partial charge >= 0.3 is 0 Å². The van der Waals surface area contributed by atoms with Crippen molar-refractivity contribution in [3.8, 4) is 0 Å². The van der Waals surface area contributed by atoms with E-state index in [0.29, 0.717) is 6.54 Å². The number of nitrogens with one attached hydrogen (secondary N) is 1. The van der Waals surface area contributed by atoms with Gasteiger partial charge in [0.15, 0.2) is 0 Å². The van der Waals surface area contributed by atoms with Crippen LogP contribution in [0.1, 0.15) is 12.6 Å². The Labute approximate surface area is 118 Å². The summed E-state index contributed by atoms with van der Waals surface area (Å²) < 4.78 is 0. The minimum Gasteiger partial charge on any atom is -0.325 e. The number of hydrogen-bond acceptors (Lipinski definition) is 4. The molecular formula is C15H18N4O. The molecule has 2 aromatic rings. The fourth-order valence-corrected chi connectivity index (χ4v) is 1.77. The van der Waals surface area contributed by atoms with Crippen molar-refractivity contribution >= 4 is 11.6 Å². The van der Waals surface area contributed by atoms with E-state index >= 15 is 0 Å². The summed E-state index contributed by atoms with van der Waals surface area (Å²) in [7, 11) is 1.89. The first-order valence-corrected chi connectivity index (χ1v) is 6.48. The summed E-state index contributed by atoms with van der Waals surface area (Å²) >= 11 is 0. The van der Waals surface area contributed by atoms with Crippen LogP contribution >= 0.6 is 0 Å². The molecule has 1 aromatic carbocycles. The third-order valence-corrected chi connectivity index (χ3v) is 3.11. The topological polar surface area (TPSA) is 58.1 Å². The molecule has 20 heavy (non-hydrogen) atoms. The number of carbonyl (C=O) groups is 1. The summed E-state index contributed by atoms with van der Waals surface area (Å²) in [6, 6.07) is 9.18. The zero-order valence-electron chi connectivity index (χ0n) is 11.7. The van der Waals surface area contributed by atoms with E-state index in [0.717, 1.165) is 11.4 Å². The molecule has 5 nitrogen and oxygen atoms in total. The molecule has 1 heterocycles. The van der Waals surface area contributed by atoms with E-state index in [-0.39, 0.29) is 11.9 Å². The number of likely N-dealkylation sites (N-methyl/N-ethyl adjacent to an activating group) is 1. The minimum absolute atomic E-state index is 0.0393. The third kappa shape index (κ3) is 3.86. The molecule has 1 atom stereocenters. The van der Waals surface area contributed by atoms with Crippen molar-refractivity contribution < 1.29 is 4.79 Å². The first-order chi connectivity index (χ1) is 9.66. The van der Waals surface area contributed by atoms with Gasteiger partial charge in [-0.05, 0) is 26.1 Å². The summed E-state index contributed by atoms with van der Waals surface area (Å²) in [5.41, 5.74) is 1.65. The highest BCUT2D eigenvalue weighted by Crippen LogP contribution is 2.08. The monoisotopic (exact) mass is 270 g/mol. The molecule has 0 aliphatic carbocycles. The largest absolute Gasteiger partial charge is 0.325 e. The number of para-hydroxylation sites is 1. The molecule has 1 aromatic heterocycles. The number of aromatic nitrogens is 2. The summed E-state index contributed by atoms with van der Waals surface area (Å²) in [6.07, 6.45) is 4.99. The van der Waals surface area contributed by atoms with Crippen LogP contribution in [0.25, 0.3) is 0 Å². The number of carbonyl (C=O) groups excluding carboxylic acids is 1. The van der Waals surface area contributed by atoms with Crippen molar-refractivity contribution in [2.45, 2.75) is 19.5 Å². The maximum atomic E-state index is 12.2. The summed E-state index contributed by atoms with van der Waals surface area (Å²) in [4.78, 5) is 22.3. The summed E-state index contributed by atoms with van der Waals surface area (Å²) in [6.45, 7) is 2.45. The second-order valence-corrected chi connectivity index (χ2v) is 4.64. The Balaban J connectivity index is 1.93. The zero-order valence-corrected chi connectivity index (χ0v) is 11.7. The average molecular weight is 270 g/mol. The summed E-state index contributed by atoms with van der Waals surface area (Å²) in [5, 5.41) is 2.89. The highest BCUT2D eigenvalue weighted by molar-refractivity contribution is 5.94. The minimum atomic E-state index is -0.253. The maximum Gasteiger partial charge on any atom is 0.241 e. The Bertz CT molecular complexity index is 544. The number of amides is 1. The van der Waals surface area contributed by atoms with Crippen molar-refractivity contribution in [3.05, 3.63) is 54.6 Å². The van der Waals surface area contributed by atoms with Gasteiger partial charge in [-0.25, -0.2) is 0 Å². The van der Waals surface area contributed by atoms with Gasteiger partial charge in [-0.15, -0.1) is 0 Å². The van der Waals surface area contributed by atoms with Gasteiger partial charge in [0.1, 0.15) is 0 Å². The normalized spacial score (nSPS) is 12.2. The van der Waals surface area contributed by atoms with Gasteiger partial charge in [-0.3, -0.25) is 19.7 Å². The van der Waals surface area contributed by atoms with Crippen LogP contribution in [0.15, 0.2) is 48.9 Å². The predicted molar refractivity (Wildman–Crippen MR) is 78.0 cm³/mol. The van der Waals surface area contributed by atoms with Crippen LogP contribution < -0.4 is 5.32 Å². The summed E-state index contributed by atoms with van der Waals surface area (Å²) in [5.74, 6) is -0.0393. The molecule has 2 rings (SSSR count). The second-order valence-electron chi connectivity index (χ2n) is 4.64. The fraction of sp³-hybridized carbons (Fsp3) is 0.267. The van der Waals surface area contributed by atoms with Crippen LogP contribution in [-0.4, -0.2) is 33.9 Å². The zero-order chi connectivity index (χ0) is 14.4. The maximum absolute atomic E-state index is 12.2. The predicted octanol–water partition coefficient (Wildman–Crippen LogP) is 1.94. The number of rotatable bonds is 5. The Morgan fingerprint density at radius 1 is 1.30 bits per heavy atom. The molecule has 0 spiro atoms. The Kier molecular flexibility index (Phi) is 4.79. The molecule has 0 aliphatic rings. The van der Waals surface area contributed by atoms with Crippen molar-refractivity contribution in [3.63, 3.8) is 0 Å². The lowest BCUT2D eigenvalue weighted by Crippen LogP contribution is -2.39. The van der Waals surface area contributed by atoms with Crippen LogP contribution in [0.5, 0.6) is 0 Å². The lowest BCUT2D eigenvalue weighted by Gasteiger charge is -2.23. The van der Waals surface area contributed by atoms with Crippen LogP contribution in [0, 0.1) is 0 Å². The van der Waals surface area contributed by atoms with Gasteiger partial charge < -0.3 is 5.32 Å². The highest BCUT2D eigenvalue weighted by Gasteiger charge is 2.18. The molecule has 1 amide bonds. The van der Waals surface area contributed by atoms with Crippen molar-refractivity contribution in [2.24, 2.45) is 0 Å². The first kappa shape index (κ1) is 14.1. The number of hydrogen-bond donors (Lipinski definition) is 1. The third-order valence-electron chi connectivity index (χ3n) is 3.11. The standard InChI is InChI=1S/C15H18N4O/c1-12(15(20)18-13-6-4-3-5-7-13)19(2)11-14-10-16-8-9-17-14/h3-10,12H,11H2,1-2H3,(H,18,20)/t12-/m0/s1. The van der Waals surface area contributed by atoms with E-state index in [1.54, 1.807) is 18.6 Å². The number of benzene rings is 1. The van der Waals surface area contributed by atoms with Crippen molar-refractivity contribution in [1.82, 2.24) is 14.9 Å². The van der Waals surface area contributed by atoms with Crippen molar-refractivity contribution in [2.75, 3.05) is 12.4 Å². The molecule has 0 fully saturated rings. The van der Waals surface area contributed by atoms with E-state index in [4.69, 9.17) is 0 Å². The van der Waals surface area contributed by atoms with Gasteiger partial charge in [-0.1, -0.05) is 18.2 Å². The van der Waals surface area contributed by atoms with E-state index in [1.807, 2.05) is 49.2 Å². The van der Waals surface area contributed by atoms with Crippen LogP contribution in [-0.2, 0) is 11.3 Å². The molecule has 0 radical (unpaired) electrons. The van der Waals surface area contributed by atoms with Crippen LogP contribution in [0.2, 0.25) is 0 Å². The highest BCUT2D eigenvalue weighted by atomic mass is 16.2. The molecule has 0 unspecified atom stereocenters. The molecule has 1 N–H and O–H groups in total. The lowest BCUT2D eigenvalue weighted by molar-refractivity contribution is -0.120. The van der Waals surface area contributed by atoms with E-state index < -0.39 is 0 Å². The fourth-order valence-electron chi connectivity index (χ4n) is 1.77. The first-order valence-electron chi connectivity index (χ1n) is 6.48. The Hall–Kier alpha value is -2.27. The number of nitrogens with zero attached hydrogens (tertiary/aromatic N) is 3. The van der Waals surface area contributed by atoms with Gasteiger partial charge in [-0.2, -0.15) is 0 Å². The molecule has 104 valence electrons. The molecule has 0 saturated heterocycles. The quantitative estimate of drug-likeness (QED) is 0.902. The van der Waals surface area contributed by atoms with Gasteiger partial charge in [0.25, 0.3) is 0 Å². The van der Waals surface area contributed by atoms with E-state index in [1.165, 1.54) is 0 Å². The number of anilines is 1. The average Bonchev–Trinajstić information content (AvgIpc) is 2.48. The van der Waals surface area contributed by atoms with Gasteiger partial charge in [0, 0.05) is 30.8 Å². The molecule has 5 heteroatoms. The van der Waals surface area contributed by atoms with Crippen molar-refractivity contribution in [1.29, 1.82) is 0 Å². The van der Waals surface area contributed by atoms with Crippen LogP contribution in [0.4, 0.5) is 5.69 Å². The lowest BCUT2D eigenvalue weighted by atomic mass is 10.2. The SMILES string of the molecule is C[C@@H](C(=O)Nc1ccccc1)N(C)Cc1cnccn1. The van der Waals surface area contributed by atoms with Gasteiger partial charge in [0.2, 0.25) is 5.91 Å². The molecule has 0 bridgehead atoms. The molecule has 0 saturated carbocycles. The molecule has 0 aliphatic heterocycles. The second kappa shape index (κ2) is 6.77.